The Balaban J connectivity index is 5.59. The molecule has 0 spiro atoms. The number of rotatable bonds is 9. The lowest BCUT2D eigenvalue weighted by Gasteiger charge is -2.45. The lowest BCUT2D eigenvalue weighted by Crippen LogP contribution is -2.63. The third-order valence-corrected chi connectivity index (χ3v) is 3.75. The number of aliphatic hydroxyl groups is 1. The van der Waals surface area contributed by atoms with E-state index in [4.69, 9.17) is 14.2 Å². The van der Waals surface area contributed by atoms with Gasteiger partial charge in [0, 0.05) is 14.2 Å². The molecule has 0 saturated carbocycles. The van der Waals surface area contributed by atoms with Crippen LogP contribution in [0.25, 0.3) is 0 Å². The molecule has 0 rings (SSSR count). The van der Waals surface area contributed by atoms with Crippen LogP contribution in [0.1, 0.15) is 34.6 Å². The second kappa shape index (κ2) is 6.76. The molecule has 6 nitrogen and oxygen atoms in total. The van der Waals surface area contributed by atoms with Crippen LogP contribution in [0.4, 0.5) is 0 Å². The maximum absolute atomic E-state index is 11.8. The molecule has 1 unspecified atom stereocenters. The molecular formula is C14H26O6. The summed E-state index contributed by atoms with van der Waals surface area (Å²) in [7, 11) is 2.88. The Labute approximate surface area is 120 Å². The van der Waals surface area contributed by atoms with Crippen LogP contribution >= 0.6 is 0 Å². The van der Waals surface area contributed by atoms with Gasteiger partial charge in [-0.05, 0) is 34.6 Å². The van der Waals surface area contributed by atoms with Crippen LogP contribution in [-0.2, 0) is 23.8 Å². The zero-order valence-electron chi connectivity index (χ0n) is 13.4. The monoisotopic (exact) mass is 290 g/mol. The quantitative estimate of drug-likeness (QED) is 0.674. The Bertz CT molecular complexity index is 365. The number of ether oxygens (including phenoxy) is 3. The van der Waals surface area contributed by atoms with E-state index >= 15 is 0 Å². The molecule has 0 aromatic rings. The van der Waals surface area contributed by atoms with Gasteiger partial charge >= 0.3 is 0 Å². The van der Waals surface area contributed by atoms with E-state index < -0.39 is 22.6 Å². The predicted octanol–water partition coefficient (Wildman–Crippen LogP) is 0.742. The number of hydrogen-bond donors (Lipinski definition) is 1. The molecule has 0 radical (unpaired) electrons. The first-order valence-corrected chi connectivity index (χ1v) is 6.39. The van der Waals surface area contributed by atoms with Gasteiger partial charge in [0.1, 0.15) is 11.2 Å². The molecule has 3 atom stereocenters. The Morgan fingerprint density at radius 2 is 1.40 bits per heavy atom. The second-order valence-electron chi connectivity index (χ2n) is 5.61. The van der Waals surface area contributed by atoms with Crippen molar-refractivity contribution in [2.24, 2.45) is 0 Å². The minimum absolute atomic E-state index is 0.00955. The van der Waals surface area contributed by atoms with Gasteiger partial charge in [-0.1, -0.05) is 0 Å². The Morgan fingerprint density at radius 1 is 0.950 bits per heavy atom. The third kappa shape index (κ3) is 3.85. The average molecular weight is 290 g/mol. The summed E-state index contributed by atoms with van der Waals surface area (Å²) in [5.41, 5.74) is -4.46. The Morgan fingerprint density at radius 3 is 1.70 bits per heavy atom. The van der Waals surface area contributed by atoms with E-state index in [1.807, 2.05) is 0 Å². The summed E-state index contributed by atoms with van der Waals surface area (Å²) in [6, 6.07) is 0. The van der Waals surface area contributed by atoms with E-state index in [0.717, 1.165) is 0 Å². The van der Waals surface area contributed by atoms with Crippen LogP contribution in [0.2, 0.25) is 0 Å². The highest BCUT2D eigenvalue weighted by Gasteiger charge is 2.52. The topological polar surface area (TPSA) is 82.1 Å². The normalized spacial score (nSPS) is 20.6. The van der Waals surface area contributed by atoms with Crippen molar-refractivity contribution in [2.75, 3.05) is 27.4 Å². The first kappa shape index (κ1) is 19.2. The number of ketones is 2. The summed E-state index contributed by atoms with van der Waals surface area (Å²) in [6.45, 7) is 7.04. The van der Waals surface area contributed by atoms with Gasteiger partial charge in [0.25, 0.3) is 0 Å². The van der Waals surface area contributed by atoms with Crippen LogP contribution in [0.15, 0.2) is 0 Å². The number of carbonyl (C=O) groups excluding carboxylic acids is 2. The van der Waals surface area contributed by atoms with Crippen LogP contribution in [0, 0.1) is 0 Å². The molecule has 0 heterocycles. The molecule has 0 aromatic heterocycles. The lowest BCUT2D eigenvalue weighted by atomic mass is 9.82. The Kier molecular flexibility index (Phi) is 6.48. The first-order valence-electron chi connectivity index (χ1n) is 6.39. The summed E-state index contributed by atoms with van der Waals surface area (Å²) in [5.74, 6) is -0.735. The summed E-state index contributed by atoms with van der Waals surface area (Å²) >= 11 is 0. The molecule has 1 N–H and O–H groups in total. The molecule has 0 amide bonds. The number of hydrogen-bond acceptors (Lipinski definition) is 6. The SMILES string of the molecule is COCC(C)(O[C@](C)(COC)C(C)=O)[C@](C)(O)C(C)=O. The van der Waals surface area contributed by atoms with Crippen molar-refractivity contribution in [3.8, 4) is 0 Å². The van der Waals surface area contributed by atoms with Gasteiger partial charge in [-0.2, -0.15) is 0 Å². The fourth-order valence-corrected chi connectivity index (χ4v) is 1.89. The molecule has 6 heteroatoms. The molecule has 0 saturated heterocycles. The average Bonchev–Trinajstić information content (AvgIpc) is 2.28. The Hall–Kier alpha value is -0.820. The second-order valence-corrected chi connectivity index (χ2v) is 5.61. The van der Waals surface area contributed by atoms with Crippen molar-refractivity contribution in [1.29, 1.82) is 0 Å². The van der Waals surface area contributed by atoms with Crippen molar-refractivity contribution in [2.45, 2.75) is 51.4 Å². The van der Waals surface area contributed by atoms with Crippen LogP contribution in [-0.4, -0.2) is 60.9 Å². The van der Waals surface area contributed by atoms with Gasteiger partial charge in [-0.25, -0.2) is 0 Å². The summed E-state index contributed by atoms with van der Waals surface area (Å²) in [5, 5.41) is 10.4. The van der Waals surface area contributed by atoms with Crippen molar-refractivity contribution in [3.63, 3.8) is 0 Å². The summed E-state index contributed by atoms with van der Waals surface area (Å²) < 4.78 is 15.9. The number of Topliss-reactive ketones (excluding diaryl/α,β-unsaturated/α-hetero) is 2. The van der Waals surface area contributed by atoms with Gasteiger partial charge in [0.2, 0.25) is 0 Å². The number of carbonyl (C=O) groups is 2. The van der Waals surface area contributed by atoms with Gasteiger partial charge in [-0.15, -0.1) is 0 Å². The van der Waals surface area contributed by atoms with Gasteiger partial charge in [0.05, 0.1) is 13.2 Å². The van der Waals surface area contributed by atoms with Crippen LogP contribution < -0.4 is 0 Å². The minimum atomic E-state index is -1.80. The highest BCUT2D eigenvalue weighted by atomic mass is 16.6. The molecule has 118 valence electrons. The smallest absolute Gasteiger partial charge is 0.164 e. The van der Waals surface area contributed by atoms with Crippen molar-refractivity contribution < 1.29 is 28.9 Å². The van der Waals surface area contributed by atoms with Gasteiger partial charge < -0.3 is 19.3 Å². The predicted molar refractivity (Wildman–Crippen MR) is 73.6 cm³/mol. The lowest BCUT2D eigenvalue weighted by molar-refractivity contribution is -0.238. The summed E-state index contributed by atoms with van der Waals surface area (Å²) in [4.78, 5) is 23.5. The highest BCUT2D eigenvalue weighted by Crippen LogP contribution is 2.33. The molecular weight excluding hydrogens is 264 g/mol. The molecule has 0 bridgehead atoms. The molecule has 0 aliphatic carbocycles. The van der Waals surface area contributed by atoms with E-state index in [9.17, 15) is 14.7 Å². The fraction of sp³-hybridized carbons (Fsp3) is 0.857. The maximum atomic E-state index is 11.8. The van der Waals surface area contributed by atoms with Crippen molar-refractivity contribution >= 4 is 11.6 Å². The van der Waals surface area contributed by atoms with E-state index in [2.05, 4.69) is 0 Å². The van der Waals surface area contributed by atoms with Crippen LogP contribution in [0.5, 0.6) is 0 Å². The van der Waals surface area contributed by atoms with E-state index in [-0.39, 0.29) is 19.0 Å². The van der Waals surface area contributed by atoms with Crippen molar-refractivity contribution in [3.05, 3.63) is 0 Å². The number of methoxy groups -OCH3 is 2. The fourth-order valence-electron chi connectivity index (χ4n) is 1.89. The first-order chi connectivity index (χ1) is 8.97. The summed E-state index contributed by atoms with van der Waals surface area (Å²) in [6.07, 6.45) is 0. The van der Waals surface area contributed by atoms with Gasteiger partial charge in [-0.3, -0.25) is 9.59 Å². The molecule has 0 aromatic carbocycles. The van der Waals surface area contributed by atoms with Crippen LogP contribution in [0.3, 0.4) is 0 Å². The molecule has 0 aliphatic heterocycles. The largest absolute Gasteiger partial charge is 0.382 e. The zero-order chi connectivity index (χ0) is 16.2. The van der Waals surface area contributed by atoms with Gasteiger partial charge in [0.15, 0.2) is 17.2 Å². The van der Waals surface area contributed by atoms with E-state index in [1.165, 1.54) is 41.9 Å². The maximum Gasteiger partial charge on any atom is 0.164 e. The van der Waals surface area contributed by atoms with E-state index in [0.29, 0.717) is 0 Å². The molecule has 0 fully saturated rings. The standard InChI is InChI=1S/C14H26O6/c1-10(15)12(3,8-18-6)20-13(4,9-19-7)14(5,17)11(2)16/h17H,8-9H2,1-7H3/t12-,13?,14-/m1/s1. The van der Waals surface area contributed by atoms with Crippen molar-refractivity contribution in [1.82, 2.24) is 0 Å². The zero-order valence-corrected chi connectivity index (χ0v) is 13.4. The highest BCUT2D eigenvalue weighted by molar-refractivity contribution is 5.87. The molecule has 0 aliphatic rings. The van der Waals surface area contributed by atoms with E-state index in [1.54, 1.807) is 6.92 Å². The third-order valence-electron chi connectivity index (χ3n) is 3.75. The minimum Gasteiger partial charge on any atom is -0.382 e. The molecule has 20 heavy (non-hydrogen) atoms.